The van der Waals surface area contributed by atoms with Crippen LogP contribution < -0.4 is 0 Å². The Balaban J connectivity index is 2.15. The molecule has 1 aliphatic rings. The number of esters is 2. The van der Waals surface area contributed by atoms with Crippen LogP contribution in [-0.2, 0) is 28.5 Å². The molecule has 6 atom stereocenters. The number of aliphatic hydroxyl groups is 4. The molecular weight excluding hydrogens is 893 g/mol. The van der Waals surface area contributed by atoms with Gasteiger partial charge in [0.05, 0.1) is 13.2 Å². The molecule has 4 N–H and O–H groups in total. The zero-order valence-electron chi connectivity index (χ0n) is 46.8. The average Bonchev–Trinajstić information content (AvgIpc) is 3.37. The number of unbranched alkanes of at least 4 members (excludes halogenated alkanes) is 44. The number of hydrogen-bond donors (Lipinski definition) is 4. The summed E-state index contributed by atoms with van der Waals surface area (Å²) in [5.41, 5.74) is 0. The van der Waals surface area contributed by atoms with Crippen molar-refractivity contribution in [2.24, 2.45) is 0 Å². The van der Waals surface area contributed by atoms with Crippen LogP contribution in [0.1, 0.15) is 322 Å². The molecule has 1 aliphatic heterocycles. The van der Waals surface area contributed by atoms with Gasteiger partial charge in [-0.3, -0.25) is 9.59 Å². The maximum Gasteiger partial charge on any atom is 0.306 e. The topological polar surface area (TPSA) is 152 Å². The molecular formula is C61H118O10. The Bertz CT molecular complexity index is 1120. The summed E-state index contributed by atoms with van der Waals surface area (Å²) in [4.78, 5) is 25.6. The van der Waals surface area contributed by atoms with Crippen molar-refractivity contribution in [3.05, 3.63) is 0 Å². The predicted molar refractivity (Wildman–Crippen MR) is 294 cm³/mol. The molecule has 0 radical (unpaired) electrons. The summed E-state index contributed by atoms with van der Waals surface area (Å²) in [6, 6.07) is 0. The largest absolute Gasteiger partial charge is 0.462 e. The first-order valence-electron chi connectivity index (χ1n) is 31.1. The van der Waals surface area contributed by atoms with E-state index in [-0.39, 0.29) is 32.0 Å². The SMILES string of the molecule is CCCCCCCCCCCCCCCCCCCCCCCCCCC(=O)OC(COC(=O)CCCCCCCCCCCCCCCCCCCCCCCC)COC1OC(CO)C(O)C(O)C1O. The zero-order valence-corrected chi connectivity index (χ0v) is 46.8. The van der Waals surface area contributed by atoms with Crippen LogP contribution in [0.4, 0.5) is 0 Å². The monoisotopic (exact) mass is 1010 g/mol. The minimum absolute atomic E-state index is 0.208. The molecule has 1 saturated heterocycles. The number of carbonyl (C=O) groups is 2. The van der Waals surface area contributed by atoms with Gasteiger partial charge in [-0.15, -0.1) is 0 Å². The van der Waals surface area contributed by atoms with Crippen LogP contribution in [0.25, 0.3) is 0 Å². The molecule has 10 heteroatoms. The second kappa shape index (κ2) is 52.2. The molecule has 422 valence electrons. The van der Waals surface area contributed by atoms with Crippen LogP contribution in [0.3, 0.4) is 0 Å². The van der Waals surface area contributed by atoms with E-state index in [0.717, 1.165) is 32.1 Å². The van der Waals surface area contributed by atoms with Crippen LogP contribution in [0.5, 0.6) is 0 Å². The molecule has 6 unspecified atom stereocenters. The first-order valence-corrected chi connectivity index (χ1v) is 31.1. The summed E-state index contributed by atoms with van der Waals surface area (Å²) >= 11 is 0. The maximum atomic E-state index is 12.9. The highest BCUT2D eigenvalue weighted by Gasteiger charge is 2.44. The second-order valence-electron chi connectivity index (χ2n) is 21.9. The minimum Gasteiger partial charge on any atom is -0.462 e. The molecule has 0 aromatic rings. The first kappa shape index (κ1) is 67.7. The Morgan fingerprint density at radius 1 is 0.380 bits per heavy atom. The van der Waals surface area contributed by atoms with E-state index in [4.69, 9.17) is 18.9 Å². The second-order valence-corrected chi connectivity index (χ2v) is 21.9. The molecule has 0 aromatic heterocycles. The van der Waals surface area contributed by atoms with Gasteiger partial charge in [-0.25, -0.2) is 0 Å². The maximum absolute atomic E-state index is 12.9. The Labute approximate surface area is 438 Å². The van der Waals surface area contributed by atoms with E-state index in [1.54, 1.807) is 0 Å². The van der Waals surface area contributed by atoms with Gasteiger partial charge >= 0.3 is 11.9 Å². The van der Waals surface area contributed by atoms with Crippen molar-refractivity contribution in [3.8, 4) is 0 Å². The van der Waals surface area contributed by atoms with Gasteiger partial charge in [-0.05, 0) is 12.8 Å². The smallest absolute Gasteiger partial charge is 0.306 e. The van der Waals surface area contributed by atoms with E-state index in [9.17, 15) is 30.0 Å². The van der Waals surface area contributed by atoms with Gasteiger partial charge in [0.15, 0.2) is 12.4 Å². The average molecular weight is 1010 g/mol. The van der Waals surface area contributed by atoms with Crippen molar-refractivity contribution in [1.82, 2.24) is 0 Å². The summed E-state index contributed by atoms with van der Waals surface area (Å²) in [5, 5.41) is 40.4. The Hall–Kier alpha value is -1.30. The van der Waals surface area contributed by atoms with Crippen molar-refractivity contribution in [1.29, 1.82) is 0 Å². The van der Waals surface area contributed by atoms with E-state index in [0.29, 0.717) is 6.42 Å². The molecule has 1 rings (SSSR count). The summed E-state index contributed by atoms with van der Waals surface area (Å²) in [5.74, 6) is -0.779. The third-order valence-electron chi connectivity index (χ3n) is 15.0. The van der Waals surface area contributed by atoms with E-state index in [2.05, 4.69) is 13.8 Å². The molecule has 0 spiro atoms. The molecule has 0 amide bonds. The van der Waals surface area contributed by atoms with Gasteiger partial charge in [-0.2, -0.15) is 0 Å². The molecule has 71 heavy (non-hydrogen) atoms. The Morgan fingerprint density at radius 3 is 0.958 bits per heavy atom. The number of rotatable bonds is 55. The fourth-order valence-corrected chi connectivity index (χ4v) is 10.1. The molecule has 0 saturated carbocycles. The lowest BCUT2D eigenvalue weighted by Gasteiger charge is -2.39. The van der Waals surface area contributed by atoms with Gasteiger partial charge in [0.1, 0.15) is 31.0 Å². The first-order chi connectivity index (χ1) is 34.8. The van der Waals surface area contributed by atoms with Crippen molar-refractivity contribution < 1.29 is 49.0 Å². The lowest BCUT2D eigenvalue weighted by molar-refractivity contribution is -0.305. The van der Waals surface area contributed by atoms with E-state index in [1.165, 1.54) is 257 Å². The zero-order chi connectivity index (χ0) is 51.5. The van der Waals surface area contributed by atoms with Gasteiger partial charge in [0.2, 0.25) is 0 Å². The lowest BCUT2D eigenvalue weighted by Crippen LogP contribution is -2.59. The van der Waals surface area contributed by atoms with Crippen molar-refractivity contribution in [2.45, 2.75) is 359 Å². The molecule has 1 fully saturated rings. The molecule has 0 bridgehead atoms. The van der Waals surface area contributed by atoms with E-state index < -0.39 is 49.4 Å². The number of hydrogen-bond acceptors (Lipinski definition) is 10. The highest BCUT2D eigenvalue weighted by atomic mass is 16.7. The van der Waals surface area contributed by atoms with E-state index in [1.807, 2.05) is 0 Å². The fraction of sp³-hybridized carbons (Fsp3) is 0.967. The van der Waals surface area contributed by atoms with Gasteiger partial charge in [0, 0.05) is 12.8 Å². The minimum atomic E-state index is -1.59. The highest BCUT2D eigenvalue weighted by molar-refractivity contribution is 5.70. The number of carbonyl (C=O) groups excluding carboxylic acids is 2. The summed E-state index contributed by atoms with van der Waals surface area (Å²) < 4.78 is 22.4. The van der Waals surface area contributed by atoms with Crippen LogP contribution in [-0.4, -0.2) is 89.0 Å². The van der Waals surface area contributed by atoms with Crippen LogP contribution in [0.15, 0.2) is 0 Å². The Morgan fingerprint density at radius 2 is 0.662 bits per heavy atom. The standard InChI is InChI=1S/C61H118O10/c1-3-5-7-9-11-13-15-17-19-21-23-25-27-28-30-32-34-36-38-40-42-44-46-48-50-57(64)70-54(53-69-61-60(67)59(66)58(65)55(51-62)71-61)52-68-56(63)49-47-45-43-41-39-37-35-33-31-29-26-24-22-20-18-16-14-12-10-8-6-4-2/h54-55,58-62,65-67H,3-53H2,1-2H3. The predicted octanol–water partition coefficient (Wildman–Crippen LogP) is 16.0. The normalized spacial score (nSPS) is 18.5. The van der Waals surface area contributed by atoms with Crippen molar-refractivity contribution >= 4 is 11.9 Å². The highest BCUT2D eigenvalue weighted by Crippen LogP contribution is 2.23. The molecule has 10 nitrogen and oxygen atoms in total. The summed E-state index contributed by atoms with van der Waals surface area (Å²) in [6.07, 6.45) is 52.8. The van der Waals surface area contributed by atoms with Crippen LogP contribution >= 0.6 is 0 Å². The van der Waals surface area contributed by atoms with Crippen molar-refractivity contribution in [2.75, 3.05) is 19.8 Å². The molecule has 0 aromatic carbocycles. The third-order valence-corrected chi connectivity index (χ3v) is 15.0. The molecule has 0 aliphatic carbocycles. The Kier molecular flexibility index (Phi) is 49.7. The summed E-state index contributed by atoms with van der Waals surface area (Å²) in [7, 11) is 0. The lowest BCUT2D eigenvalue weighted by atomic mass is 9.99. The van der Waals surface area contributed by atoms with Crippen molar-refractivity contribution in [3.63, 3.8) is 0 Å². The van der Waals surface area contributed by atoms with Gasteiger partial charge in [-0.1, -0.05) is 296 Å². The third kappa shape index (κ3) is 42.6. The van der Waals surface area contributed by atoms with Gasteiger partial charge in [0.25, 0.3) is 0 Å². The quantitative estimate of drug-likeness (QED) is 0.0342. The summed E-state index contributed by atoms with van der Waals surface area (Å²) in [6.45, 7) is 3.51. The van der Waals surface area contributed by atoms with E-state index >= 15 is 0 Å². The van der Waals surface area contributed by atoms with Gasteiger partial charge < -0.3 is 39.4 Å². The van der Waals surface area contributed by atoms with Crippen LogP contribution in [0, 0.1) is 0 Å². The number of ether oxygens (including phenoxy) is 4. The van der Waals surface area contributed by atoms with Crippen LogP contribution in [0.2, 0.25) is 0 Å². The number of aliphatic hydroxyl groups excluding tert-OH is 4. The molecule has 1 heterocycles. The fourth-order valence-electron chi connectivity index (χ4n) is 10.1.